The summed E-state index contributed by atoms with van der Waals surface area (Å²) in [4.78, 5) is 10.7. The van der Waals surface area contributed by atoms with Gasteiger partial charge in [0.1, 0.15) is 0 Å². The summed E-state index contributed by atoms with van der Waals surface area (Å²) in [6.07, 6.45) is -46.8. The van der Waals surface area contributed by atoms with Crippen LogP contribution in [0.4, 0.5) is 83.4 Å². The van der Waals surface area contributed by atoms with Gasteiger partial charge in [0.25, 0.3) is 0 Å². The van der Waals surface area contributed by atoms with Gasteiger partial charge in [-0.2, -0.15) is 70.2 Å². The Balaban J connectivity index is 6.98. The lowest BCUT2D eigenvalue weighted by atomic mass is 10.2. The van der Waals surface area contributed by atoms with Crippen molar-refractivity contribution >= 4 is 5.97 Å². The minimum absolute atomic E-state index is 0.295. The molecule has 0 rings (SSSR count). The van der Waals surface area contributed by atoms with E-state index in [2.05, 4.69) is 4.74 Å². The van der Waals surface area contributed by atoms with E-state index in [-0.39, 0.29) is 7.11 Å². The highest BCUT2D eigenvalue weighted by Crippen LogP contribution is 2.57. The van der Waals surface area contributed by atoms with Crippen LogP contribution in [0.15, 0.2) is 0 Å². The number of rotatable bonds is 8. The molecule has 0 bridgehead atoms. The fourth-order valence-electron chi connectivity index (χ4n) is 1.56. The minimum atomic E-state index is -8.27. The Morgan fingerprint density at radius 2 is 0.800 bits per heavy atom. The highest BCUT2D eigenvalue weighted by Gasteiger charge is 2.86. The van der Waals surface area contributed by atoms with Gasteiger partial charge in [-0.15, -0.1) is 13.2 Å². The summed E-state index contributed by atoms with van der Waals surface area (Å²) in [5, 5.41) is 0. The van der Waals surface area contributed by atoms with E-state index in [1.807, 2.05) is 0 Å². The third-order valence-corrected chi connectivity index (χ3v) is 3.08. The molecule has 3 unspecified atom stereocenters. The first-order valence-corrected chi connectivity index (χ1v) is 7.13. The van der Waals surface area contributed by atoms with Crippen LogP contribution in [0.5, 0.6) is 0 Å². The van der Waals surface area contributed by atoms with Crippen molar-refractivity contribution in [1.29, 1.82) is 0 Å². The predicted molar refractivity (Wildman–Crippen MR) is 60.9 cm³/mol. The van der Waals surface area contributed by atoms with Crippen molar-refractivity contribution in [3.05, 3.63) is 0 Å². The molecule has 0 aliphatic rings. The topological polar surface area (TPSA) is 54.0 Å². The summed E-state index contributed by atoms with van der Waals surface area (Å²) in [5.74, 6) is -27.0. The molecular formula is C11H3F19O5. The van der Waals surface area contributed by atoms with Gasteiger partial charge in [0.2, 0.25) is 0 Å². The second kappa shape index (κ2) is 8.85. The molecule has 0 aliphatic carbocycles. The number of hydrogen-bond donors (Lipinski definition) is 0. The van der Waals surface area contributed by atoms with Crippen LogP contribution in [-0.4, -0.2) is 67.8 Å². The van der Waals surface area contributed by atoms with Gasteiger partial charge in [0, 0.05) is 0 Å². The van der Waals surface area contributed by atoms with Crippen molar-refractivity contribution in [2.45, 2.75) is 54.7 Å². The number of methoxy groups -OCH3 is 1. The average molecular weight is 576 g/mol. The van der Waals surface area contributed by atoms with Crippen molar-refractivity contribution in [2.75, 3.05) is 7.11 Å². The SMILES string of the molecule is COC(=O)C(F)(OC(F)(F)C(F)(OC(F)(F)C(F)(OC(F)(F)F)C(F)(F)F)C(F)(F)F)C(F)(F)F. The van der Waals surface area contributed by atoms with E-state index >= 15 is 0 Å². The van der Waals surface area contributed by atoms with Crippen molar-refractivity contribution in [1.82, 2.24) is 0 Å². The molecule has 0 heterocycles. The zero-order valence-corrected chi connectivity index (χ0v) is 15.2. The molecule has 0 amide bonds. The molecule has 0 aliphatic heterocycles. The lowest BCUT2D eigenvalue weighted by molar-refractivity contribution is -0.574. The number of carbonyl (C=O) groups is 1. The fraction of sp³-hybridized carbons (Fsp3) is 0.909. The Bertz CT molecular complexity index is 767. The van der Waals surface area contributed by atoms with E-state index in [1.54, 1.807) is 4.74 Å². The van der Waals surface area contributed by atoms with Gasteiger partial charge in [-0.25, -0.2) is 9.53 Å². The number of hydrogen-bond acceptors (Lipinski definition) is 5. The quantitative estimate of drug-likeness (QED) is 0.279. The predicted octanol–water partition coefficient (Wildman–Crippen LogP) is 5.60. The van der Waals surface area contributed by atoms with Crippen LogP contribution in [0, 0.1) is 0 Å². The van der Waals surface area contributed by atoms with E-state index in [9.17, 15) is 88.2 Å². The van der Waals surface area contributed by atoms with Crippen molar-refractivity contribution < 1.29 is 107 Å². The number of carbonyl (C=O) groups excluding carboxylic acids is 1. The van der Waals surface area contributed by atoms with Crippen LogP contribution >= 0.6 is 0 Å². The Kier molecular flexibility index (Phi) is 8.34. The summed E-state index contributed by atoms with van der Waals surface area (Å²) in [6.45, 7) is 0. The molecule has 0 aromatic rings. The van der Waals surface area contributed by atoms with E-state index < -0.39 is 60.6 Å². The fourth-order valence-corrected chi connectivity index (χ4v) is 1.56. The van der Waals surface area contributed by atoms with Crippen LogP contribution in [0.1, 0.15) is 0 Å². The maximum Gasteiger partial charge on any atom is 0.525 e. The molecule has 0 spiro atoms. The Hall–Kier alpha value is -1.98. The highest BCUT2D eigenvalue weighted by atomic mass is 19.4. The molecule has 0 aromatic carbocycles. The molecular weight excluding hydrogens is 573 g/mol. The molecule has 0 aromatic heterocycles. The lowest BCUT2D eigenvalue weighted by Crippen LogP contribution is -2.69. The minimum Gasteiger partial charge on any atom is -0.465 e. The smallest absolute Gasteiger partial charge is 0.465 e. The molecule has 0 radical (unpaired) electrons. The van der Waals surface area contributed by atoms with Crippen LogP contribution in [0.3, 0.4) is 0 Å². The Labute approximate surface area is 176 Å². The summed E-state index contributed by atoms with van der Waals surface area (Å²) in [7, 11) is -0.295. The van der Waals surface area contributed by atoms with Gasteiger partial charge in [-0.3, -0.25) is 9.47 Å². The molecule has 0 saturated heterocycles. The summed E-state index contributed by atoms with van der Waals surface area (Å²) >= 11 is 0. The van der Waals surface area contributed by atoms with Crippen LogP contribution in [0.2, 0.25) is 0 Å². The lowest BCUT2D eigenvalue weighted by Gasteiger charge is -2.41. The first kappa shape index (κ1) is 33.0. The first-order chi connectivity index (χ1) is 14.9. The molecule has 0 N–H and O–H groups in total. The highest BCUT2D eigenvalue weighted by molar-refractivity contribution is 5.78. The summed E-state index contributed by atoms with van der Waals surface area (Å²) in [6, 6.07) is 0. The molecule has 0 fully saturated rings. The molecule has 5 nitrogen and oxygen atoms in total. The standard InChI is InChI=1S/C11H3F19O5/c1-32-2(31)3(12,6(15,16)17)33-9(24,25)4(13,7(18,19)20)34-10(26,27)5(14,8(21,22)23)35-11(28,29)30/h1H3. The second-order valence-electron chi connectivity index (χ2n) is 5.56. The van der Waals surface area contributed by atoms with Gasteiger partial charge in [0.05, 0.1) is 7.11 Å². The van der Waals surface area contributed by atoms with Crippen molar-refractivity contribution in [2.24, 2.45) is 0 Å². The molecule has 0 saturated carbocycles. The normalized spacial score (nSPS) is 20.0. The van der Waals surface area contributed by atoms with Gasteiger partial charge in [-0.05, 0) is 0 Å². The van der Waals surface area contributed by atoms with Crippen LogP contribution < -0.4 is 0 Å². The van der Waals surface area contributed by atoms with E-state index in [0.29, 0.717) is 0 Å². The van der Waals surface area contributed by atoms with E-state index in [4.69, 9.17) is 0 Å². The van der Waals surface area contributed by atoms with E-state index in [1.165, 1.54) is 9.47 Å². The number of esters is 1. The monoisotopic (exact) mass is 576 g/mol. The zero-order chi connectivity index (χ0) is 28.9. The average Bonchev–Trinajstić information content (AvgIpc) is 2.55. The largest absolute Gasteiger partial charge is 0.525 e. The maximum atomic E-state index is 14.0. The first-order valence-electron chi connectivity index (χ1n) is 7.13. The molecule has 3 atom stereocenters. The van der Waals surface area contributed by atoms with Crippen LogP contribution in [-0.2, 0) is 23.7 Å². The molecule has 24 heteroatoms. The Morgan fingerprint density at radius 3 is 1.06 bits per heavy atom. The van der Waals surface area contributed by atoms with Gasteiger partial charge in [0.15, 0.2) is 0 Å². The third-order valence-electron chi connectivity index (χ3n) is 3.08. The summed E-state index contributed by atoms with van der Waals surface area (Å²) < 4.78 is 251. The zero-order valence-electron chi connectivity index (χ0n) is 15.2. The molecule has 210 valence electrons. The number of ether oxygens (including phenoxy) is 4. The van der Waals surface area contributed by atoms with Crippen molar-refractivity contribution in [3.63, 3.8) is 0 Å². The van der Waals surface area contributed by atoms with Gasteiger partial charge >= 0.3 is 60.6 Å². The number of halogens is 19. The molecule has 35 heavy (non-hydrogen) atoms. The van der Waals surface area contributed by atoms with Crippen LogP contribution in [0.25, 0.3) is 0 Å². The van der Waals surface area contributed by atoms with Gasteiger partial charge in [-0.1, -0.05) is 0 Å². The van der Waals surface area contributed by atoms with E-state index in [0.717, 1.165) is 0 Å². The van der Waals surface area contributed by atoms with Gasteiger partial charge < -0.3 is 4.74 Å². The second-order valence-corrected chi connectivity index (χ2v) is 5.56. The summed E-state index contributed by atoms with van der Waals surface area (Å²) in [5.41, 5.74) is 0. The third kappa shape index (κ3) is 6.06. The Morgan fingerprint density at radius 1 is 0.486 bits per heavy atom. The number of alkyl halides is 19. The maximum absolute atomic E-state index is 14.0. The van der Waals surface area contributed by atoms with Crippen molar-refractivity contribution in [3.8, 4) is 0 Å².